The molecule has 2 atom stereocenters. The first kappa shape index (κ1) is 13.5. The van der Waals surface area contributed by atoms with Crippen molar-refractivity contribution in [3.05, 3.63) is 34.5 Å². The lowest BCUT2D eigenvalue weighted by Crippen LogP contribution is -2.36. The SMILES string of the molecule is C[C@@H]1Cc2c(C(=O)N3CCc4oncc4C3)n[nH]c2[C@H](C)O1. The van der Waals surface area contributed by atoms with Crippen molar-refractivity contribution in [1.82, 2.24) is 20.3 Å². The predicted molar refractivity (Wildman–Crippen MR) is 76.2 cm³/mol. The summed E-state index contributed by atoms with van der Waals surface area (Å²) in [6.07, 6.45) is 3.14. The number of aromatic amines is 1. The Labute approximate surface area is 127 Å². The van der Waals surface area contributed by atoms with Crippen molar-refractivity contribution < 1.29 is 14.1 Å². The minimum Gasteiger partial charge on any atom is -0.369 e. The van der Waals surface area contributed by atoms with Crippen LogP contribution in [0, 0.1) is 0 Å². The van der Waals surface area contributed by atoms with E-state index in [2.05, 4.69) is 15.4 Å². The number of ether oxygens (including phenoxy) is 1. The standard InChI is InChI=1S/C15H18N4O3/c1-8-5-11-13(9(2)21-8)17-18-14(11)15(20)19-4-3-12-10(7-19)6-16-22-12/h6,8-9H,3-5,7H2,1-2H3,(H,17,18)/t8-,9+/m1/s1. The van der Waals surface area contributed by atoms with Gasteiger partial charge in [0.05, 0.1) is 30.6 Å². The van der Waals surface area contributed by atoms with Crippen LogP contribution in [0.1, 0.15) is 53.0 Å². The zero-order chi connectivity index (χ0) is 15.3. The van der Waals surface area contributed by atoms with E-state index in [9.17, 15) is 4.79 Å². The molecule has 0 radical (unpaired) electrons. The van der Waals surface area contributed by atoms with Gasteiger partial charge in [0.2, 0.25) is 0 Å². The van der Waals surface area contributed by atoms with Gasteiger partial charge in [0.1, 0.15) is 5.76 Å². The van der Waals surface area contributed by atoms with E-state index in [0.29, 0.717) is 31.6 Å². The van der Waals surface area contributed by atoms with Gasteiger partial charge in [-0.15, -0.1) is 0 Å². The summed E-state index contributed by atoms with van der Waals surface area (Å²) < 4.78 is 10.9. The predicted octanol–water partition coefficient (Wildman–Crippen LogP) is 1.62. The Bertz CT molecular complexity index is 720. The summed E-state index contributed by atoms with van der Waals surface area (Å²) in [6, 6.07) is 0. The maximum atomic E-state index is 12.8. The number of amides is 1. The first-order chi connectivity index (χ1) is 10.6. The Kier molecular flexibility index (Phi) is 3.04. The summed E-state index contributed by atoms with van der Waals surface area (Å²) in [4.78, 5) is 14.6. The zero-order valence-electron chi connectivity index (χ0n) is 12.6. The summed E-state index contributed by atoms with van der Waals surface area (Å²) in [5, 5.41) is 11.0. The highest BCUT2D eigenvalue weighted by atomic mass is 16.5. The first-order valence-electron chi connectivity index (χ1n) is 7.57. The molecule has 7 nitrogen and oxygen atoms in total. The number of hydrogen-bond acceptors (Lipinski definition) is 5. The van der Waals surface area contributed by atoms with Gasteiger partial charge < -0.3 is 14.2 Å². The molecule has 0 saturated heterocycles. The van der Waals surface area contributed by atoms with Gasteiger partial charge in [0.25, 0.3) is 5.91 Å². The van der Waals surface area contributed by atoms with Gasteiger partial charge in [-0.3, -0.25) is 9.89 Å². The molecule has 0 saturated carbocycles. The van der Waals surface area contributed by atoms with E-state index < -0.39 is 0 Å². The van der Waals surface area contributed by atoms with Crippen LogP contribution in [0.15, 0.2) is 10.7 Å². The lowest BCUT2D eigenvalue weighted by atomic mass is 9.99. The summed E-state index contributed by atoms with van der Waals surface area (Å²) in [5.41, 5.74) is 3.42. The Morgan fingerprint density at radius 3 is 3.18 bits per heavy atom. The largest absolute Gasteiger partial charge is 0.369 e. The summed E-state index contributed by atoms with van der Waals surface area (Å²) >= 11 is 0. The summed E-state index contributed by atoms with van der Waals surface area (Å²) in [6.45, 7) is 5.15. The van der Waals surface area contributed by atoms with Gasteiger partial charge in [-0.2, -0.15) is 5.10 Å². The van der Waals surface area contributed by atoms with Crippen molar-refractivity contribution in [2.45, 2.75) is 45.4 Å². The van der Waals surface area contributed by atoms with E-state index in [-0.39, 0.29) is 18.1 Å². The van der Waals surface area contributed by atoms with Gasteiger partial charge in [0, 0.05) is 30.5 Å². The van der Waals surface area contributed by atoms with Crippen molar-refractivity contribution in [3.63, 3.8) is 0 Å². The van der Waals surface area contributed by atoms with Crippen LogP contribution in [0.5, 0.6) is 0 Å². The number of carbonyl (C=O) groups is 1. The fraction of sp³-hybridized carbons (Fsp3) is 0.533. The number of carbonyl (C=O) groups excluding carboxylic acids is 1. The molecule has 2 aliphatic rings. The topological polar surface area (TPSA) is 84.3 Å². The van der Waals surface area contributed by atoms with Crippen LogP contribution in [-0.2, 0) is 24.1 Å². The fourth-order valence-corrected chi connectivity index (χ4v) is 3.31. The van der Waals surface area contributed by atoms with Gasteiger partial charge >= 0.3 is 0 Å². The molecule has 4 heterocycles. The second-order valence-electron chi connectivity index (χ2n) is 6.01. The molecule has 0 bridgehead atoms. The average Bonchev–Trinajstić information content (AvgIpc) is 3.11. The lowest BCUT2D eigenvalue weighted by Gasteiger charge is -2.27. The Hall–Kier alpha value is -2.15. The van der Waals surface area contributed by atoms with Gasteiger partial charge in [-0.1, -0.05) is 5.16 Å². The third-order valence-corrected chi connectivity index (χ3v) is 4.42. The van der Waals surface area contributed by atoms with Crippen LogP contribution in [0.4, 0.5) is 0 Å². The first-order valence-corrected chi connectivity index (χ1v) is 7.57. The highest BCUT2D eigenvalue weighted by Gasteiger charge is 2.32. The Morgan fingerprint density at radius 1 is 1.45 bits per heavy atom. The number of nitrogens with one attached hydrogen (secondary N) is 1. The van der Waals surface area contributed by atoms with Crippen molar-refractivity contribution in [2.75, 3.05) is 6.54 Å². The van der Waals surface area contributed by atoms with Gasteiger partial charge in [0.15, 0.2) is 5.69 Å². The maximum Gasteiger partial charge on any atom is 0.274 e. The third-order valence-electron chi connectivity index (χ3n) is 4.42. The highest BCUT2D eigenvalue weighted by Crippen LogP contribution is 2.31. The Balaban J connectivity index is 1.62. The number of rotatable bonds is 1. The molecule has 1 amide bonds. The Morgan fingerprint density at radius 2 is 2.32 bits per heavy atom. The van der Waals surface area contributed by atoms with E-state index in [1.54, 1.807) is 11.1 Å². The third kappa shape index (κ3) is 2.04. The van der Waals surface area contributed by atoms with Crippen molar-refractivity contribution in [2.24, 2.45) is 0 Å². The van der Waals surface area contributed by atoms with Crippen molar-refractivity contribution >= 4 is 5.91 Å². The molecular weight excluding hydrogens is 284 g/mol. The smallest absolute Gasteiger partial charge is 0.274 e. The summed E-state index contributed by atoms with van der Waals surface area (Å²) in [7, 11) is 0. The monoisotopic (exact) mass is 302 g/mol. The summed E-state index contributed by atoms with van der Waals surface area (Å²) in [5.74, 6) is 0.842. The number of fused-ring (bicyclic) bond motifs is 2. The number of aromatic nitrogens is 3. The maximum absolute atomic E-state index is 12.8. The minimum absolute atomic E-state index is 0.0364. The molecule has 116 valence electrons. The molecular formula is C15H18N4O3. The lowest BCUT2D eigenvalue weighted by molar-refractivity contribution is -0.00702. The van der Waals surface area contributed by atoms with Crippen LogP contribution in [0.2, 0.25) is 0 Å². The number of H-pyrrole nitrogens is 1. The van der Waals surface area contributed by atoms with Crippen LogP contribution in [-0.4, -0.2) is 38.8 Å². The van der Waals surface area contributed by atoms with Crippen LogP contribution >= 0.6 is 0 Å². The molecule has 7 heteroatoms. The normalized spacial score (nSPS) is 24.0. The minimum atomic E-state index is -0.0566. The molecule has 0 fully saturated rings. The molecule has 2 aromatic rings. The number of hydrogen-bond donors (Lipinski definition) is 1. The van der Waals surface area contributed by atoms with E-state index in [1.807, 2.05) is 13.8 Å². The van der Waals surface area contributed by atoms with Crippen LogP contribution < -0.4 is 0 Å². The van der Waals surface area contributed by atoms with Gasteiger partial charge in [-0.05, 0) is 13.8 Å². The second kappa shape index (κ2) is 4.95. The van der Waals surface area contributed by atoms with Gasteiger partial charge in [-0.25, -0.2) is 0 Å². The molecule has 0 unspecified atom stereocenters. The average molecular weight is 302 g/mol. The second-order valence-corrected chi connectivity index (χ2v) is 6.01. The van der Waals surface area contributed by atoms with Crippen LogP contribution in [0.3, 0.4) is 0 Å². The molecule has 0 aliphatic carbocycles. The van der Waals surface area contributed by atoms with Crippen molar-refractivity contribution in [1.29, 1.82) is 0 Å². The fourth-order valence-electron chi connectivity index (χ4n) is 3.31. The van der Waals surface area contributed by atoms with E-state index in [4.69, 9.17) is 9.26 Å². The zero-order valence-corrected chi connectivity index (χ0v) is 12.6. The van der Waals surface area contributed by atoms with E-state index >= 15 is 0 Å². The highest BCUT2D eigenvalue weighted by molar-refractivity contribution is 5.94. The number of nitrogens with zero attached hydrogens (tertiary/aromatic N) is 3. The van der Waals surface area contributed by atoms with E-state index in [1.165, 1.54) is 0 Å². The van der Waals surface area contributed by atoms with E-state index in [0.717, 1.165) is 22.6 Å². The molecule has 2 aliphatic heterocycles. The molecule has 2 aromatic heterocycles. The van der Waals surface area contributed by atoms with Crippen LogP contribution in [0.25, 0.3) is 0 Å². The molecule has 22 heavy (non-hydrogen) atoms. The molecule has 4 rings (SSSR count). The molecule has 0 spiro atoms. The van der Waals surface area contributed by atoms with Crippen molar-refractivity contribution in [3.8, 4) is 0 Å². The molecule has 1 N–H and O–H groups in total. The quantitative estimate of drug-likeness (QED) is 0.865. The molecule has 0 aromatic carbocycles.